The molecule has 0 saturated heterocycles. The van der Waals surface area contributed by atoms with Crippen LogP contribution < -0.4 is 0 Å². The average Bonchev–Trinajstić information content (AvgIpc) is 3.95. The molecule has 4 heteroatoms. The number of benzene rings is 10. The van der Waals surface area contributed by atoms with E-state index >= 15 is 0 Å². The van der Waals surface area contributed by atoms with Gasteiger partial charge in [0, 0.05) is 49.2 Å². The van der Waals surface area contributed by atoms with Gasteiger partial charge in [-0.05, 0) is 99.1 Å². The van der Waals surface area contributed by atoms with Crippen molar-refractivity contribution in [2.75, 3.05) is 0 Å². The summed E-state index contributed by atoms with van der Waals surface area (Å²) in [5.41, 5.74) is 17.8. The van der Waals surface area contributed by atoms with E-state index < -0.39 is 0 Å². The number of hydrogen-bond acceptors (Lipinski definition) is 2. The molecule has 0 saturated carbocycles. The lowest BCUT2D eigenvalue weighted by atomic mass is 9.82. The molecule has 14 rings (SSSR count). The molecule has 0 radical (unpaired) electrons. The minimum Gasteiger partial charge on any atom is -0.309 e. The highest BCUT2D eigenvalue weighted by molar-refractivity contribution is 6.16. The Balaban J connectivity index is 0.990. The predicted molar refractivity (Wildman–Crippen MR) is 272 cm³/mol. The molecule has 13 aromatic rings. The van der Waals surface area contributed by atoms with Crippen LogP contribution in [-0.4, -0.2) is 19.1 Å². The number of para-hydroxylation sites is 5. The van der Waals surface area contributed by atoms with Gasteiger partial charge in [0.05, 0.1) is 50.2 Å². The molecule has 0 amide bonds. The minimum atomic E-state index is -0.131. The molecule has 304 valence electrons. The van der Waals surface area contributed by atoms with Crippen LogP contribution in [0, 0.1) is 0 Å². The van der Waals surface area contributed by atoms with E-state index in [0.29, 0.717) is 0 Å². The van der Waals surface area contributed by atoms with Gasteiger partial charge >= 0.3 is 0 Å². The van der Waals surface area contributed by atoms with Crippen molar-refractivity contribution in [3.63, 3.8) is 0 Å². The van der Waals surface area contributed by atoms with Gasteiger partial charge in [-0.25, -0.2) is 9.97 Å². The maximum atomic E-state index is 5.47. The van der Waals surface area contributed by atoms with E-state index in [1.165, 1.54) is 82.3 Å². The van der Waals surface area contributed by atoms with E-state index in [1.807, 2.05) is 0 Å². The van der Waals surface area contributed by atoms with Gasteiger partial charge in [0.25, 0.3) is 0 Å². The average molecular weight is 829 g/mol. The third-order valence-electron chi connectivity index (χ3n) is 14.3. The molecule has 0 fully saturated rings. The van der Waals surface area contributed by atoms with E-state index in [-0.39, 0.29) is 5.41 Å². The van der Waals surface area contributed by atoms with Crippen LogP contribution in [0.2, 0.25) is 0 Å². The van der Waals surface area contributed by atoms with E-state index in [2.05, 4.69) is 229 Å². The first kappa shape index (κ1) is 36.2. The van der Waals surface area contributed by atoms with Crippen molar-refractivity contribution >= 4 is 76.2 Å². The van der Waals surface area contributed by atoms with Gasteiger partial charge < -0.3 is 9.13 Å². The number of hydrogen-bond donors (Lipinski definition) is 0. The number of fused-ring (bicyclic) bond motifs is 12. The lowest BCUT2D eigenvalue weighted by Gasteiger charge is -2.21. The molecule has 4 nitrogen and oxygen atoms in total. The number of aromatic nitrogens is 4. The molecule has 0 atom stereocenters. The van der Waals surface area contributed by atoms with Gasteiger partial charge in [0.15, 0.2) is 0 Å². The molecule has 0 unspecified atom stereocenters. The first-order valence-electron chi connectivity index (χ1n) is 22.5. The molecule has 1 aliphatic rings. The summed E-state index contributed by atoms with van der Waals surface area (Å²) in [6.45, 7) is 4.67. The molecule has 65 heavy (non-hydrogen) atoms. The van der Waals surface area contributed by atoms with Gasteiger partial charge in [0.1, 0.15) is 0 Å². The molecule has 0 bridgehead atoms. The van der Waals surface area contributed by atoms with Crippen LogP contribution in [0.25, 0.3) is 121 Å². The first-order valence-corrected chi connectivity index (χ1v) is 22.5. The van der Waals surface area contributed by atoms with Gasteiger partial charge in [-0.1, -0.05) is 159 Å². The SMILES string of the molecule is CC1(C)c2ccccc2-c2c(-c3nc4ccccc4nc3-c3cccc4cc(-n5c6ccccc6c6cc7cccc(-n8c9ccccc9c9ccccc98)c7cc65)ccc34)cccc21. The third-order valence-corrected chi connectivity index (χ3v) is 14.3. The van der Waals surface area contributed by atoms with Crippen molar-refractivity contribution < 1.29 is 0 Å². The molecule has 0 N–H and O–H groups in total. The monoisotopic (exact) mass is 828 g/mol. The highest BCUT2D eigenvalue weighted by Crippen LogP contribution is 2.53. The van der Waals surface area contributed by atoms with E-state index in [0.717, 1.165) is 50.0 Å². The Morgan fingerprint density at radius 2 is 0.892 bits per heavy atom. The van der Waals surface area contributed by atoms with Crippen molar-refractivity contribution in [2.45, 2.75) is 19.3 Å². The third kappa shape index (κ3) is 5.08. The van der Waals surface area contributed by atoms with Crippen LogP contribution in [0.15, 0.2) is 206 Å². The molecule has 1 aliphatic carbocycles. The summed E-state index contributed by atoms with van der Waals surface area (Å²) in [4.78, 5) is 10.9. The van der Waals surface area contributed by atoms with E-state index in [9.17, 15) is 0 Å². The molecular weight excluding hydrogens is 789 g/mol. The van der Waals surface area contributed by atoms with Gasteiger partial charge in [-0.3, -0.25) is 0 Å². The number of nitrogens with zero attached hydrogens (tertiary/aromatic N) is 4. The maximum absolute atomic E-state index is 5.47. The second-order valence-corrected chi connectivity index (χ2v) is 18.1. The Kier molecular flexibility index (Phi) is 7.42. The number of rotatable bonds is 4. The quantitative estimate of drug-likeness (QED) is 0.177. The molecule has 3 aromatic heterocycles. The lowest BCUT2D eigenvalue weighted by Crippen LogP contribution is -2.14. The zero-order valence-electron chi connectivity index (χ0n) is 35.9. The van der Waals surface area contributed by atoms with Gasteiger partial charge in [-0.2, -0.15) is 0 Å². The summed E-state index contributed by atoms with van der Waals surface area (Å²) >= 11 is 0. The Labute approximate surface area is 375 Å². The second-order valence-electron chi connectivity index (χ2n) is 18.1. The maximum Gasteiger partial charge on any atom is 0.0979 e. The Hall–Kier alpha value is -8.34. The summed E-state index contributed by atoms with van der Waals surface area (Å²) < 4.78 is 4.89. The summed E-state index contributed by atoms with van der Waals surface area (Å²) in [6.07, 6.45) is 0. The predicted octanol–water partition coefficient (Wildman–Crippen LogP) is 15.8. The van der Waals surface area contributed by atoms with E-state index in [1.54, 1.807) is 0 Å². The summed E-state index contributed by atoms with van der Waals surface area (Å²) in [5.74, 6) is 0. The zero-order chi connectivity index (χ0) is 43.0. The summed E-state index contributed by atoms with van der Waals surface area (Å²) in [5, 5.41) is 9.68. The summed E-state index contributed by atoms with van der Waals surface area (Å²) in [7, 11) is 0. The molecule has 3 heterocycles. The fraction of sp³-hybridized carbons (Fsp3) is 0.0492. The first-order chi connectivity index (χ1) is 32.0. The normalized spacial score (nSPS) is 13.2. The fourth-order valence-corrected chi connectivity index (χ4v) is 11.3. The van der Waals surface area contributed by atoms with Crippen molar-refractivity contribution in [1.82, 2.24) is 19.1 Å². The van der Waals surface area contributed by atoms with Gasteiger partial charge in [0.2, 0.25) is 0 Å². The standard InChI is InChI=1S/C61H40N4/c1-61(2)49-24-7-3-21-45(49)58-46(23-15-25-50(58)61)60-59(62-51-26-8-9-27-52(51)63-60)44-22-13-16-37-34-39(32-33-40(37)44)64-53-28-10-6-20-43(53)48-35-38-17-14-31-56(47(38)36-57(48)64)65-54-29-11-4-18-41(54)42-19-5-12-30-55(42)65/h3-36H,1-2H3. The molecule has 10 aromatic carbocycles. The van der Waals surface area contributed by atoms with Crippen molar-refractivity contribution in [3.8, 4) is 45.0 Å². The van der Waals surface area contributed by atoms with Crippen LogP contribution in [0.1, 0.15) is 25.0 Å². The highest BCUT2D eigenvalue weighted by atomic mass is 15.0. The smallest absolute Gasteiger partial charge is 0.0979 e. The van der Waals surface area contributed by atoms with E-state index in [4.69, 9.17) is 9.97 Å². The van der Waals surface area contributed by atoms with Gasteiger partial charge in [-0.15, -0.1) is 0 Å². The van der Waals surface area contributed by atoms with Crippen LogP contribution in [0.4, 0.5) is 0 Å². The van der Waals surface area contributed by atoms with Crippen LogP contribution in [0.3, 0.4) is 0 Å². The van der Waals surface area contributed by atoms with Crippen LogP contribution in [0.5, 0.6) is 0 Å². The second kappa shape index (κ2) is 13.3. The Morgan fingerprint density at radius 1 is 0.354 bits per heavy atom. The zero-order valence-corrected chi connectivity index (χ0v) is 35.9. The summed E-state index contributed by atoms with van der Waals surface area (Å²) in [6, 6.07) is 75.2. The topological polar surface area (TPSA) is 35.6 Å². The molecular formula is C61H40N4. The van der Waals surface area contributed by atoms with Crippen molar-refractivity contribution in [1.29, 1.82) is 0 Å². The van der Waals surface area contributed by atoms with Crippen LogP contribution >= 0.6 is 0 Å². The molecule has 0 spiro atoms. The largest absolute Gasteiger partial charge is 0.309 e. The highest BCUT2D eigenvalue weighted by Gasteiger charge is 2.37. The van der Waals surface area contributed by atoms with Crippen molar-refractivity contribution in [3.05, 3.63) is 217 Å². The fourth-order valence-electron chi connectivity index (χ4n) is 11.3. The van der Waals surface area contributed by atoms with Crippen LogP contribution in [-0.2, 0) is 5.41 Å². The lowest BCUT2D eigenvalue weighted by molar-refractivity contribution is 0.660. The molecule has 0 aliphatic heterocycles. The minimum absolute atomic E-state index is 0.131. The van der Waals surface area contributed by atoms with Crippen molar-refractivity contribution in [2.24, 2.45) is 0 Å². The Morgan fingerprint density at radius 3 is 1.63 bits per heavy atom. The Bertz CT molecular complexity index is 4110.